The molecule has 0 saturated carbocycles. The lowest BCUT2D eigenvalue weighted by molar-refractivity contribution is -0.138. The molecule has 1 aromatic carbocycles. The highest BCUT2D eigenvalue weighted by atomic mass is 35.5. The predicted molar refractivity (Wildman–Crippen MR) is 122 cm³/mol. The first-order chi connectivity index (χ1) is 15.6. The second kappa shape index (κ2) is 8.45. The Balaban J connectivity index is 1.85. The number of hydrogen-bond donors (Lipinski definition) is 1. The normalized spacial score (nSPS) is 15.9. The van der Waals surface area contributed by atoms with Crippen molar-refractivity contribution >= 4 is 57.7 Å². The van der Waals surface area contributed by atoms with Gasteiger partial charge in [-0.2, -0.15) is 13.2 Å². The molecular weight excluding hydrogens is 477 g/mol. The summed E-state index contributed by atoms with van der Waals surface area (Å²) in [5.74, 6) is -1.18. The van der Waals surface area contributed by atoms with E-state index in [0.717, 1.165) is 6.07 Å². The van der Waals surface area contributed by atoms with Gasteiger partial charge in [0, 0.05) is 29.9 Å². The van der Waals surface area contributed by atoms with Crippen molar-refractivity contribution in [2.24, 2.45) is 0 Å². The number of rotatable bonds is 4. The number of thiocarbonyl (C=S) groups is 1. The zero-order chi connectivity index (χ0) is 23.9. The van der Waals surface area contributed by atoms with Crippen LogP contribution < -0.4 is 5.32 Å². The Labute approximate surface area is 195 Å². The summed E-state index contributed by atoms with van der Waals surface area (Å²) in [6, 6.07) is 7.74. The zero-order valence-corrected chi connectivity index (χ0v) is 18.3. The molecule has 33 heavy (non-hydrogen) atoms. The largest absolute Gasteiger partial charge is 0.417 e. The average Bonchev–Trinajstić information content (AvgIpc) is 3.12. The molecule has 0 spiro atoms. The maximum absolute atomic E-state index is 13.0. The third-order valence-corrected chi connectivity index (χ3v) is 5.52. The fraction of sp³-hybridized carbons (Fsp3) is 0.0909. The summed E-state index contributed by atoms with van der Waals surface area (Å²) < 4.78 is 40.5. The molecule has 2 aromatic heterocycles. The molecule has 0 atom stereocenters. The molecule has 0 aliphatic carbocycles. The molecule has 3 aromatic rings. The molecule has 0 radical (unpaired) electrons. The number of nitrogens with zero attached hydrogens (tertiary/aromatic N) is 3. The maximum Gasteiger partial charge on any atom is 0.417 e. The fourth-order valence-corrected chi connectivity index (χ4v) is 3.91. The van der Waals surface area contributed by atoms with Crippen LogP contribution in [0.4, 0.5) is 13.2 Å². The van der Waals surface area contributed by atoms with Crippen LogP contribution in [-0.2, 0) is 15.8 Å². The smallest absolute Gasteiger partial charge is 0.299 e. The predicted octanol–water partition coefficient (Wildman–Crippen LogP) is 4.51. The first-order valence-electron chi connectivity index (χ1n) is 9.44. The van der Waals surface area contributed by atoms with Crippen molar-refractivity contribution in [1.82, 2.24) is 19.8 Å². The number of fused-ring (bicyclic) bond motifs is 1. The third-order valence-electron chi connectivity index (χ3n) is 4.92. The first kappa shape index (κ1) is 22.7. The highest BCUT2D eigenvalue weighted by molar-refractivity contribution is 7.80. The number of aromatic nitrogens is 2. The molecule has 1 saturated heterocycles. The van der Waals surface area contributed by atoms with Crippen LogP contribution >= 0.6 is 23.8 Å². The molecule has 0 unspecified atom stereocenters. The molecule has 6 nitrogen and oxygen atoms in total. The Bertz CT molecular complexity index is 1360. The minimum Gasteiger partial charge on any atom is -0.299 e. The molecule has 168 valence electrons. The standard InChI is InChI=1S/C22H14ClF3N4O2S/c1-2-7-29-20(32)15(19(31)28-21(29)33)8-12-11-30(17-6-4-3-5-14(12)17)18-16(23)9-13(10-27-18)22(24,25)26/h2-6,8-11H,1,7H2,(H,28,31,33). The van der Waals surface area contributed by atoms with Gasteiger partial charge in [0.2, 0.25) is 0 Å². The molecule has 1 fully saturated rings. The molecule has 4 rings (SSSR count). The van der Waals surface area contributed by atoms with Crippen molar-refractivity contribution in [3.63, 3.8) is 0 Å². The number of hydrogen-bond acceptors (Lipinski definition) is 4. The van der Waals surface area contributed by atoms with E-state index in [-0.39, 0.29) is 28.1 Å². The molecule has 1 N–H and O–H groups in total. The Kier molecular flexibility index (Phi) is 5.81. The Morgan fingerprint density at radius 2 is 1.97 bits per heavy atom. The van der Waals surface area contributed by atoms with E-state index in [1.165, 1.54) is 21.6 Å². The number of nitrogens with one attached hydrogen (secondary N) is 1. The zero-order valence-electron chi connectivity index (χ0n) is 16.7. The number of halogens is 4. The van der Waals surface area contributed by atoms with Crippen molar-refractivity contribution in [2.45, 2.75) is 6.18 Å². The minimum atomic E-state index is -4.59. The van der Waals surface area contributed by atoms with Gasteiger partial charge >= 0.3 is 6.18 Å². The summed E-state index contributed by atoms with van der Waals surface area (Å²) >= 11 is 11.2. The van der Waals surface area contributed by atoms with Gasteiger partial charge in [0.15, 0.2) is 10.9 Å². The molecule has 1 aliphatic heterocycles. The third kappa shape index (κ3) is 4.14. The van der Waals surface area contributed by atoms with Gasteiger partial charge in [0.1, 0.15) is 5.57 Å². The quantitative estimate of drug-likeness (QED) is 0.253. The first-order valence-corrected chi connectivity index (χ1v) is 10.2. The Hall–Kier alpha value is -3.50. The van der Waals surface area contributed by atoms with Gasteiger partial charge in [-0.15, -0.1) is 6.58 Å². The highest BCUT2D eigenvalue weighted by Crippen LogP contribution is 2.34. The van der Waals surface area contributed by atoms with Gasteiger partial charge < -0.3 is 0 Å². The molecular formula is C22H14ClF3N4O2S. The highest BCUT2D eigenvalue weighted by Gasteiger charge is 2.33. The van der Waals surface area contributed by atoms with Crippen LogP contribution in [0.25, 0.3) is 22.8 Å². The van der Waals surface area contributed by atoms with Crippen LogP contribution in [0.1, 0.15) is 11.1 Å². The second-order valence-electron chi connectivity index (χ2n) is 7.02. The lowest BCUT2D eigenvalue weighted by atomic mass is 10.1. The van der Waals surface area contributed by atoms with E-state index in [1.807, 2.05) is 0 Å². The van der Waals surface area contributed by atoms with E-state index >= 15 is 0 Å². The number of benzene rings is 1. The van der Waals surface area contributed by atoms with Crippen LogP contribution in [-0.4, -0.2) is 37.9 Å². The van der Waals surface area contributed by atoms with Gasteiger partial charge in [-0.05, 0) is 30.4 Å². The average molecular weight is 491 g/mol. The lowest BCUT2D eigenvalue weighted by Crippen LogP contribution is -2.53. The van der Waals surface area contributed by atoms with Crippen molar-refractivity contribution < 1.29 is 22.8 Å². The maximum atomic E-state index is 13.0. The van der Waals surface area contributed by atoms with Gasteiger partial charge in [0.05, 0.1) is 16.1 Å². The van der Waals surface area contributed by atoms with Crippen molar-refractivity contribution in [3.8, 4) is 5.82 Å². The topological polar surface area (TPSA) is 67.2 Å². The molecule has 3 heterocycles. The van der Waals surface area contributed by atoms with E-state index in [1.54, 1.807) is 30.5 Å². The van der Waals surface area contributed by atoms with Crippen molar-refractivity contribution in [2.75, 3.05) is 6.54 Å². The van der Waals surface area contributed by atoms with Crippen molar-refractivity contribution in [1.29, 1.82) is 0 Å². The minimum absolute atomic E-state index is 0.0229. The van der Waals surface area contributed by atoms with Crippen LogP contribution in [0.3, 0.4) is 0 Å². The van der Waals surface area contributed by atoms with Crippen LogP contribution in [0.15, 0.2) is 61.0 Å². The van der Waals surface area contributed by atoms with Gasteiger partial charge in [-0.3, -0.25) is 24.4 Å². The van der Waals surface area contributed by atoms with Gasteiger partial charge in [0.25, 0.3) is 11.8 Å². The Morgan fingerprint density at radius 1 is 1.24 bits per heavy atom. The SMILES string of the molecule is C=CCN1C(=O)C(=Cc2cn(-c3ncc(C(F)(F)F)cc3Cl)c3ccccc23)C(=O)NC1=S. The number of para-hydroxylation sites is 1. The molecule has 11 heteroatoms. The van der Waals surface area contributed by atoms with E-state index in [2.05, 4.69) is 16.9 Å². The summed E-state index contributed by atoms with van der Waals surface area (Å²) in [7, 11) is 0. The monoisotopic (exact) mass is 490 g/mol. The summed E-state index contributed by atoms with van der Waals surface area (Å²) in [5, 5.41) is 2.86. The van der Waals surface area contributed by atoms with Gasteiger partial charge in [-0.25, -0.2) is 4.98 Å². The number of carbonyl (C=O) groups excluding carboxylic acids is 2. The lowest BCUT2D eigenvalue weighted by Gasteiger charge is -2.27. The molecule has 0 bridgehead atoms. The van der Waals surface area contributed by atoms with E-state index in [0.29, 0.717) is 22.7 Å². The molecule has 1 aliphatic rings. The van der Waals surface area contributed by atoms with Crippen LogP contribution in [0.5, 0.6) is 0 Å². The fourth-order valence-electron chi connectivity index (χ4n) is 3.40. The second-order valence-corrected chi connectivity index (χ2v) is 7.81. The summed E-state index contributed by atoms with van der Waals surface area (Å²) in [5.41, 5.74) is -0.0912. The summed E-state index contributed by atoms with van der Waals surface area (Å²) in [6.07, 6.45) is 0.525. The number of carbonyl (C=O) groups is 2. The van der Waals surface area contributed by atoms with E-state index in [9.17, 15) is 22.8 Å². The summed E-state index contributed by atoms with van der Waals surface area (Å²) in [4.78, 5) is 30.4. The number of alkyl halides is 3. The van der Waals surface area contributed by atoms with Crippen LogP contribution in [0.2, 0.25) is 5.02 Å². The van der Waals surface area contributed by atoms with Gasteiger partial charge in [-0.1, -0.05) is 35.9 Å². The van der Waals surface area contributed by atoms with Crippen molar-refractivity contribution in [3.05, 3.63) is 77.1 Å². The van der Waals surface area contributed by atoms with E-state index < -0.39 is 23.6 Å². The Morgan fingerprint density at radius 3 is 2.64 bits per heavy atom. The van der Waals surface area contributed by atoms with E-state index in [4.69, 9.17) is 23.8 Å². The summed E-state index contributed by atoms with van der Waals surface area (Å²) in [6.45, 7) is 3.69. The molecule has 2 amide bonds. The van der Waals surface area contributed by atoms with Crippen LogP contribution in [0, 0.1) is 0 Å². The number of pyridine rings is 1. The number of amides is 2.